The average Bonchev–Trinajstić information content (AvgIpc) is 3.22. The van der Waals surface area contributed by atoms with Crippen molar-refractivity contribution in [3.63, 3.8) is 0 Å². The summed E-state index contributed by atoms with van der Waals surface area (Å²) in [5.74, 6) is 1.40. The molecule has 2 aliphatic heterocycles. The van der Waals surface area contributed by atoms with Gasteiger partial charge in [-0.3, -0.25) is 14.4 Å². The van der Waals surface area contributed by atoms with Crippen LogP contribution in [0.4, 0.5) is 5.69 Å². The predicted octanol–water partition coefficient (Wildman–Crippen LogP) is 3.41. The molecular formula is C26H29N3O4S. The smallest absolute Gasteiger partial charge is 0.256 e. The molecule has 34 heavy (non-hydrogen) atoms. The summed E-state index contributed by atoms with van der Waals surface area (Å²) >= 11 is 1.89. The van der Waals surface area contributed by atoms with Crippen molar-refractivity contribution in [3.8, 4) is 0 Å². The fraction of sp³-hybridized carbons (Fsp3) is 0.346. The highest BCUT2D eigenvalue weighted by Crippen LogP contribution is 2.30. The van der Waals surface area contributed by atoms with Crippen LogP contribution >= 0.6 is 11.8 Å². The molecule has 2 unspecified atom stereocenters. The molecule has 0 bridgehead atoms. The van der Waals surface area contributed by atoms with Crippen LogP contribution in [0.3, 0.4) is 0 Å². The second kappa shape index (κ2) is 10.9. The summed E-state index contributed by atoms with van der Waals surface area (Å²) in [5.41, 5.74) is 4.21. The van der Waals surface area contributed by atoms with Gasteiger partial charge in [0.15, 0.2) is 0 Å². The third kappa shape index (κ3) is 5.51. The van der Waals surface area contributed by atoms with Gasteiger partial charge in [0.25, 0.3) is 5.91 Å². The third-order valence-corrected chi connectivity index (χ3v) is 6.90. The minimum atomic E-state index is -0.615. The van der Waals surface area contributed by atoms with Crippen molar-refractivity contribution in [2.24, 2.45) is 0 Å². The van der Waals surface area contributed by atoms with Crippen LogP contribution in [0.5, 0.6) is 0 Å². The van der Waals surface area contributed by atoms with E-state index in [9.17, 15) is 14.4 Å². The van der Waals surface area contributed by atoms with Crippen molar-refractivity contribution < 1.29 is 19.1 Å². The van der Waals surface area contributed by atoms with Gasteiger partial charge in [0.1, 0.15) is 12.6 Å². The third-order valence-electron chi connectivity index (χ3n) is 5.96. The number of amides is 3. The summed E-state index contributed by atoms with van der Waals surface area (Å²) < 4.78 is 4.85. The number of nitrogens with zero attached hydrogens (tertiary/aromatic N) is 1. The van der Waals surface area contributed by atoms with E-state index in [1.807, 2.05) is 30.0 Å². The Labute approximate surface area is 203 Å². The number of nitrogens with one attached hydrogen (secondary N) is 2. The fourth-order valence-corrected chi connectivity index (χ4v) is 4.91. The van der Waals surface area contributed by atoms with Crippen LogP contribution in [0, 0.1) is 0 Å². The molecule has 2 N–H and O–H groups in total. The first kappa shape index (κ1) is 24.0. The van der Waals surface area contributed by atoms with Crippen molar-refractivity contribution in [1.29, 1.82) is 0 Å². The molecule has 0 aromatic heterocycles. The van der Waals surface area contributed by atoms with E-state index in [-0.39, 0.29) is 36.9 Å². The van der Waals surface area contributed by atoms with E-state index in [4.69, 9.17) is 4.74 Å². The average molecular weight is 480 g/mol. The second-order valence-corrected chi connectivity index (χ2v) is 9.69. The number of hydrogen-bond donors (Lipinski definition) is 2. The van der Waals surface area contributed by atoms with Gasteiger partial charge in [-0.15, -0.1) is 0 Å². The summed E-state index contributed by atoms with van der Waals surface area (Å²) in [6.07, 6.45) is 4.35. The van der Waals surface area contributed by atoms with Gasteiger partial charge in [-0.05, 0) is 41.0 Å². The number of rotatable bonds is 8. The van der Waals surface area contributed by atoms with Crippen LogP contribution in [0.2, 0.25) is 0 Å². The first-order chi connectivity index (χ1) is 16.5. The molecule has 0 radical (unpaired) electrons. The lowest BCUT2D eigenvalue weighted by Gasteiger charge is -2.20. The summed E-state index contributed by atoms with van der Waals surface area (Å²) in [5, 5.41) is 5.72. The standard InChI is InChI=1S/C26H29N3O4S/c1-3-34-16-19-8-5-17(6-9-19)4-7-18-10-11-22-21(12-18)26(32)29-14-20(27-24(30)15-33-2)13-23(29)25(31)28-22/h4-12,20,23H,3,13-16H2,1-2H3,(H,27,30)(H,28,31). The first-order valence-corrected chi connectivity index (χ1v) is 12.5. The number of fused-ring (bicyclic) bond motifs is 2. The van der Waals surface area contributed by atoms with Crippen molar-refractivity contribution in [2.75, 3.05) is 31.3 Å². The molecule has 2 aromatic carbocycles. The number of anilines is 1. The maximum absolute atomic E-state index is 13.3. The van der Waals surface area contributed by atoms with Crippen LogP contribution in [0.1, 0.15) is 40.4 Å². The zero-order chi connectivity index (χ0) is 24.1. The highest BCUT2D eigenvalue weighted by atomic mass is 32.2. The van der Waals surface area contributed by atoms with Gasteiger partial charge in [0.2, 0.25) is 11.8 Å². The summed E-state index contributed by atoms with van der Waals surface area (Å²) in [4.78, 5) is 39.6. The molecule has 3 amide bonds. The van der Waals surface area contributed by atoms with Gasteiger partial charge in [0.05, 0.1) is 11.3 Å². The molecule has 2 atom stereocenters. The molecule has 0 saturated carbocycles. The van der Waals surface area contributed by atoms with Gasteiger partial charge < -0.3 is 20.3 Å². The minimum Gasteiger partial charge on any atom is -0.375 e. The first-order valence-electron chi connectivity index (χ1n) is 11.4. The molecule has 7 nitrogen and oxygen atoms in total. The molecule has 0 aliphatic carbocycles. The zero-order valence-electron chi connectivity index (χ0n) is 19.4. The Morgan fingerprint density at radius 3 is 2.65 bits per heavy atom. The number of benzene rings is 2. The number of methoxy groups -OCH3 is 1. The van der Waals surface area contributed by atoms with E-state index in [2.05, 4.69) is 41.8 Å². The van der Waals surface area contributed by atoms with Crippen molar-refractivity contribution in [3.05, 3.63) is 64.7 Å². The topological polar surface area (TPSA) is 87.7 Å². The summed E-state index contributed by atoms with van der Waals surface area (Å²) in [6.45, 7) is 2.39. The Bertz CT molecular complexity index is 1100. The number of hydrogen-bond acceptors (Lipinski definition) is 5. The lowest BCUT2D eigenvalue weighted by molar-refractivity contribution is -0.125. The van der Waals surface area contributed by atoms with E-state index in [1.165, 1.54) is 12.7 Å². The van der Waals surface area contributed by atoms with Gasteiger partial charge >= 0.3 is 0 Å². The lowest BCUT2D eigenvalue weighted by Crippen LogP contribution is -2.41. The van der Waals surface area contributed by atoms with Gasteiger partial charge in [0, 0.05) is 25.4 Å². The molecule has 2 heterocycles. The number of carbonyl (C=O) groups excluding carboxylic acids is 3. The highest BCUT2D eigenvalue weighted by molar-refractivity contribution is 7.98. The predicted molar refractivity (Wildman–Crippen MR) is 136 cm³/mol. The fourth-order valence-electron chi connectivity index (χ4n) is 4.27. The van der Waals surface area contributed by atoms with Crippen LogP contribution in [-0.4, -0.2) is 60.7 Å². The van der Waals surface area contributed by atoms with E-state index >= 15 is 0 Å². The molecule has 2 aliphatic rings. The zero-order valence-corrected chi connectivity index (χ0v) is 20.2. The monoisotopic (exact) mass is 479 g/mol. The summed E-state index contributed by atoms with van der Waals surface area (Å²) in [7, 11) is 1.45. The Morgan fingerprint density at radius 1 is 1.18 bits per heavy atom. The van der Waals surface area contributed by atoms with Crippen molar-refractivity contribution in [2.45, 2.75) is 31.2 Å². The number of carbonyl (C=O) groups is 3. The van der Waals surface area contributed by atoms with Crippen molar-refractivity contribution in [1.82, 2.24) is 10.2 Å². The van der Waals surface area contributed by atoms with Crippen LogP contribution < -0.4 is 10.6 Å². The van der Waals surface area contributed by atoms with E-state index in [0.29, 0.717) is 17.7 Å². The quantitative estimate of drug-likeness (QED) is 0.567. The molecule has 8 heteroatoms. The molecule has 4 rings (SSSR count). The van der Waals surface area contributed by atoms with E-state index < -0.39 is 6.04 Å². The van der Waals surface area contributed by atoms with Crippen LogP contribution in [0.25, 0.3) is 12.2 Å². The minimum absolute atomic E-state index is 0.0553. The van der Waals surface area contributed by atoms with Crippen molar-refractivity contribution >= 4 is 47.3 Å². The Hall–Kier alpha value is -3.10. The van der Waals surface area contributed by atoms with E-state index in [1.54, 1.807) is 17.0 Å². The SMILES string of the molecule is CCSCc1ccc(C=Cc2ccc3c(c2)C(=O)N2CC(NC(=O)COC)CC2C(=O)N3)cc1. The van der Waals surface area contributed by atoms with Crippen LogP contribution in [-0.2, 0) is 20.1 Å². The van der Waals surface area contributed by atoms with Gasteiger partial charge in [-0.25, -0.2) is 0 Å². The van der Waals surface area contributed by atoms with E-state index in [0.717, 1.165) is 22.6 Å². The largest absolute Gasteiger partial charge is 0.375 e. The van der Waals surface area contributed by atoms with Crippen LogP contribution in [0.15, 0.2) is 42.5 Å². The number of ether oxygens (including phenoxy) is 1. The summed E-state index contributed by atoms with van der Waals surface area (Å²) in [6, 6.07) is 13.0. The second-order valence-electron chi connectivity index (χ2n) is 8.41. The molecular weight excluding hydrogens is 450 g/mol. The molecule has 0 spiro atoms. The molecule has 1 saturated heterocycles. The Balaban J connectivity index is 1.49. The Kier molecular flexibility index (Phi) is 7.70. The van der Waals surface area contributed by atoms with Gasteiger partial charge in [-0.2, -0.15) is 11.8 Å². The molecule has 2 aromatic rings. The Morgan fingerprint density at radius 2 is 1.91 bits per heavy atom. The molecule has 178 valence electrons. The maximum Gasteiger partial charge on any atom is 0.256 e. The highest BCUT2D eigenvalue weighted by Gasteiger charge is 2.43. The van der Waals surface area contributed by atoms with Gasteiger partial charge in [-0.1, -0.05) is 49.4 Å². The normalized spacial score (nSPS) is 19.5. The number of thioether (sulfide) groups is 1. The lowest BCUT2D eigenvalue weighted by atomic mass is 10.1. The molecule has 1 fully saturated rings. The maximum atomic E-state index is 13.3.